The zero-order chi connectivity index (χ0) is 12.3. The van der Waals surface area contributed by atoms with Gasteiger partial charge < -0.3 is 4.74 Å². The standard InChI is InChI=1S/C13H15N3O/c1-10-4-6-11(7-5-10)14-15-12-8-9-13(17-3)16(12)2/h4-9H,1-3H3/b15-14+. The Morgan fingerprint density at radius 1 is 1.00 bits per heavy atom. The molecule has 2 rings (SSSR count). The molecular weight excluding hydrogens is 214 g/mol. The molecule has 88 valence electrons. The van der Waals surface area contributed by atoms with Gasteiger partial charge in [0, 0.05) is 13.1 Å². The Morgan fingerprint density at radius 3 is 2.29 bits per heavy atom. The summed E-state index contributed by atoms with van der Waals surface area (Å²) in [6.45, 7) is 2.04. The van der Waals surface area contributed by atoms with Crippen molar-refractivity contribution in [3.8, 4) is 5.88 Å². The number of azo groups is 1. The van der Waals surface area contributed by atoms with Crippen molar-refractivity contribution in [2.75, 3.05) is 7.11 Å². The maximum Gasteiger partial charge on any atom is 0.194 e. The number of hydrogen-bond acceptors (Lipinski definition) is 3. The zero-order valence-electron chi connectivity index (χ0n) is 10.2. The van der Waals surface area contributed by atoms with E-state index in [4.69, 9.17) is 4.74 Å². The Balaban J connectivity index is 2.20. The monoisotopic (exact) mass is 229 g/mol. The molecule has 0 spiro atoms. The third-order valence-electron chi connectivity index (χ3n) is 2.56. The highest BCUT2D eigenvalue weighted by Crippen LogP contribution is 2.23. The fourth-order valence-electron chi connectivity index (χ4n) is 1.51. The molecule has 0 radical (unpaired) electrons. The average Bonchev–Trinajstić information content (AvgIpc) is 2.69. The predicted octanol–water partition coefficient (Wildman–Crippen LogP) is 3.76. The molecule has 0 N–H and O–H groups in total. The number of aryl methyl sites for hydroxylation is 1. The van der Waals surface area contributed by atoms with Crippen LogP contribution in [0.15, 0.2) is 46.6 Å². The number of rotatable bonds is 3. The molecular formula is C13H15N3O. The second-order valence-electron chi connectivity index (χ2n) is 3.83. The van der Waals surface area contributed by atoms with Crippen LogP contribution in [-0.4, -0.2) is 11.7 Å². The average molecular weight is 229 g/mol. The van der Waals surface area contributed by atoms with Crippen molar-refractivity contribution < 1.29 is 4.74 Å². The van der Waals surface area contributed by atoms with E-state index in [1.165, 1.54) is 5.56 Å². The molecule has 1 heterocycles. The summed E-state index contributed by atoms with van der Waals surface area (Å²) < 4.78 is 7.00. The van der Waals surface area contributed by atoms with Gasteiger partial charge in [0.05, 0.1) is 12.8 Å². The Bertz CT molecular complexity index is 526. The van der Waals surface area contributed by atoms with Crippen LogP contribution >= 0.6 is 0 Å². The van der Waals surface area contributed by atoms with Crippen LogP contribution in [-0.2, 0) is 7.05 Å². The molecule has 17 heavy (non-hydrogen) atoms. The number of ether oxygens (including phenoxy) is 1. The van der Waals surface area contributed by atoms with Crippen molar-refractivity contribution >= 4 is 11.5 Å². The lowest BCUT2D eigenvalue weighted by Crippen LogP contribution is -1.91. The Kier molecular flexibility index (Phi) is 3.23. The summed E-state index contributed by atoms with van der Waals surface area (Å²) in [5, 5.41) is 8.36. The summed E-state index contributed by atoms with van der Waals surface area (Å²) in [7, 11) is 3.53. The second kappa shape index (κ2) is 4.82. The third-order valence-corrected chi connectivity index (χ3v) is 2.56. The lowest BCUT2D eigenvalue weighted by Gasteiger charge is -2.01. The summed E-state index contributed by atoms with van der Waals surface area (Å²) in [6, 6.07) is 11.7. The molecule has 0 saturated heterocycles. The normalized spacial score (nSPS) is 11.0. The molecule has 4 heteroatoms. The Morgan fingerprint density at radius 2 is 1.71 bits per heavy atom. The van der Waals surface area contributed by atoms with Gasteiger partial charge in [-0.15, -0.1) is 10.2 Å². The maximum atomic E-state index is 5.15. The SMILES string of the molecule is COc1ccc(/N=N/c2ccc(C)cc2)n1C. The quantitative estimate of drug-likeness (QED) is 0.738. The highest BCUT2D eigenvalue weighted by Gasteiger charge is 2.02. The molecule has 1 aromatic heterocycles. The predicted molar refractivity (Wildman–Crippen MR) is 67.3 cm³/mol. The van der Waals surface area contributed by atoms with Crippen LogP contribution in [0, 0.1) is 6.92 Å². The van der Waals surface area contributed by atoms with Crippen LogP contribution in [0.2, 0.25) is 0 Å². The molecule has 0 aliphatic rings. The van der Waals surface area contributed by atoms with Gasteiger partial charge in [0.15, 0.2) is 11.7 Å². The Labute approximate surface area is 101 Å². The Hall–Kier alpha value is -2.10. The first-order valence-electron chi connectivity index (χ1n) is 5.39. The van der Waals surface area contributed by atoms with E-state index in [9.17, 15) is 0 Å². The zero-order valence-corrected chi connectivity index (χ0v) is 10.2. The van der Waals surface area contributed by atoms with Gasteiger partial charge in [-0.25, -0.2) is 0 Å². The van der Waals surface area contributed by atoms with Crippen molar-refractivity contribution in [1.29, 1.82) is 0 Å². The minimum atomic E-state index is 0.766. The van der Waals surface area contributed by atoms with Crippen LogP contribution in [0.1, 0.15) is 5.56 Å². The van der Waals surface area contributed by atoms with E-state index in [1.807, 2.05) is 54.9 Å². The van der Waals surface area contributed by atoms with Gasteiger partial charge in [-0.2, -0.15) is 0 Å². The molecule has 0 fully saturated rings. The molecule has 1 aromatic carbocycles. The van der Waals surface area contributed by atoms with E-state index in [0.717, 1.165) is 17.4 Å². The molecule has 0 aliphatic carbocycles. The smallest absolute Gasteiger partial charge is 0.194 e. The van der Waals surface area contributed by atoms with E-state index in [1.54, 1.807) is 7.11 Å². The molecule has 0 amide bonds. The number of benzene rings is 1. The van der Waals surface area contributed by atoms with E-state index < -0.39 is 0 Å². The number of hydrogen-bond donors (Lipinski definition) is 0. The first-order chi connectivity index (χ1) is 8.20. The minimum absolute atomic E-state index is 0.766. The summed E-state index contributed by atoms with van der Waals surface area (Å²) in [4.78, 5) is 0. The van der Waals surface area contributed by atoms with E-state index >= 15 is 0 Å². The highest BCUT2D eigenvalue weighted by molar-refractivity contribution is 5.40. The number of aromatic nitrogens is 1. The van der Waals surface area contributed by atoms with Crippen molar-refractivity contribution in [3.05, 3.63) is 42.0 Å². The van der Waals surface area contributed by atoms with Crippen LogP contribution in [0.4, 0.5) is 11.5 Å². The van der Waals surface area contributed by atoms with E-state index in [0.29, 0.717) is 0 Å². The van der Waals surface area contributed by atoms with Crippen molar-refractivity contribution in [2.45, 2.75) is 6.92 Å². The molecule has 0 bridgehead atoms. The van der Waals surface area contributed by atoms with Crippen molar-refractivity contribution in [1.82, 2.24) is 4.57 Å². The van der Waals surface area contributed by atoms with Gasteiger partial charge in [0.1, 0.15) is 0 Å². The summed E-state index contributed by atoms with van der Waals surface area (Å²) in [5.41, 5.74) is 2.06. The van der Waals surface area contributed by atoms with Gasteiger partial charge in [0.25, 0.3) is 0 Å². The summed E-state index contributed by atoms with van der Waals surface area (Å²) in [6.07, 6.45) is 0. The van der Waals surface area contributed by atoms with Crippen LogP contribution in [0.3, 0.4) is 0 Å². The fraction of sp³-hybridized carbons (Fsp3) is 0.231. The highest BCUT2D eigenvalue weighted by atomic mass is 16.5. The fourth-order valence-corrected chi connectivity index (χ4v) is 1.51. The van der Waals surface area contributed by atoms with Gasteiger partial charge >= 0.3 is 0 Å². The summed E-state index contributed by atoms with van der Waals surface area (Å²) >= 11 is 0. The number of methoxy groups -OCH3 is 1. The van der Waals surface area contributed by atoms with Gasteiger partial charge in [0.2, 0.25) is 0 Å². The topological polar surface area (TPSA) is 38.9 Å². The van der Waals surface area contributed by atoms with Gasteiger partial charge in [-0.05, 0) is 25.1 Å². The van der Waals surface area contributed by atoms with Crippen LogP contribution in [0.25, 0.3) is 0 Å². The van der Waals surface area contributed by atoms with Crippen LogP contribution in [0.5, 0.6) is 5.88 Å². The molecule has 4 nitrogen and oxygen atoms in total. The molecule has 2 aromatic rings. The first-order valence-corrected chi connectivity index (χ1v) is 5.39. The third kappa shape index (κ3) is 2.53. The molecule has 0 unspecified atom stereocenters. The molecule has 0 saturated carbocycles. The van der Waals surface area contributed by atoms with Crippen LogP contribution < -0.4 is 4.74 Å². The molecule has 0 aliphatic heterocycles. The lowest BCUT2D eigenvalue weighted by atomic mass is 10.2. The van der Waals surface area contributed by atoms with Crippen molar-refractivity contribution in [3.63, 3.8) is 0 Å². The summed E-state index contributed by atoms with van der Waals surface area (Å²) in [5.74, 6) is 1.53. The van der Waals surface area contributed by atoms with E-state index in [-0.39, 0.29) is 0 Å². The van der Waals surface area contributed by atoms with Gasteiger partial charge in [-0.3, -0.25) is 4.57 Å². The number of nitrogens with zero attached hydrogens (tertiary/aromatic N) is 3. The minimum Gasteiger partial charge on any atom is -0.482 e. The molecule has 0 atom stereocenters. The van der Waals surface area contributed by atoms with E-state index in [2.05, 4.69) is 10.2 Å². The first kappa shape index (κ1) is 11.4. The van der Waals surface area contributed by atoms with Gasteiger partial charge in [-0.1, -0.05) is 17.7 Å². The maximum absolute atomic E-state index is 5.15. The lowest BCUT2D eigenvalue weighted by molar-refractivity contribution is 0.383. The largest absolute Gasteiger partial charge is 0.482 e. The van der Waals surface area contributed by atoms with Crippen molar-refractivity contribution in [2.24, 2.45) is 17.3 Å². The second-order valence-corrected chi connectivity index (χ2v) is 3.83.